The van der Waals surface area contributed by atoms with E-state index in [1.165, 1.54) is 0 Å². The molecule has 7 nitrogen and oxygen atoms in total. The molecule has 1 aliphatic heterocycles. The Morgan fingerprint density at radius 3 is 2.58 bits per heavy atom. The Hall–Kier alpha value is -2.83. The molecule has 0 saturated carbocycles. The Bertz CT molecular complexity index is 889. The summed E-state index contributed by atoms with van der Waals surface area (Å²) < 4.78 is 3.65. The summed E-state index contributed by atoms with van der Waals surface area (Å²) in [6, 6.07) is 4.13. The van der Waals surface area contributed by atoms with Crippen molar-refractivity contribution in [1.82, 2.24) is 19.4 Å². The first-order chi connectivity index (χ1) is 11.6. The fourth-order valence-electron chi connectivity index (χ4n) is 3.32. The van der Waals surface area contributed by atoms with Crippen LogP contribution in [0.3, 0.4) is 0 Å². The van der Waals surface area contributed by atoms with Gasteiger partial charge in [0.2, 0.25) is 0 Å². The number of hydrogen-bond acceptors (Lipinski definition) is 4. The van der Waals surface area contributed by atoms with Crippen molar-refractivity contribution in [1.29, 1.82) is 0 Å². The zero-order chi connectivity index (χ0) is 16.7. The number of aryl methyl sites for hydroxylation is 1. The molecule has 1 saturated heterocycles. The minimum absolute atomic E-state index is 0.222. The van der Waals surface area contributed by atoms with Gasteiger partial charge in [0.25, 0.3) is 0 Å². The highest BCUT2D eigenvalue weighted by Crippen LogP contribution is 2.28. The zero-order valence-electron chi connectivity index (χ0n) is 13.5. The summed E-state index contributed by atoms with van der Waals surface area (Å²) in [4.78, 5) is 13.3. The lowest BCUT2D eigenvalue weighted by Gasteiger charge is -2.31. The van der Waals surface area contributed by atoms with Crippen LogP contribution in [0.5, 0.6) is 0 Å². The normalized spacial score (nSPS) is 16.0. The molecule has 0 bridgehead atoms. The van der Waals surface area contributed by atoms with Crippen LogP contribution in [0, 0.1) is 5.92 Å². The highest BCUT2D eigenvalue weighted by atomic mass is 16.4. The molecule has 1 aliphatic rings. The van der Waals surface area contributed by atoms with E-state index < -0.39 is 5.97 Å². The van der Waals surface area contributed by atoms with Gasteiger partial charge in [0.1, 0.15) is 0 Å². The Morgan fingerprint density at radius 2 is 1.92 bits per heavy atom. The lowest BCUT2D eigenvalue weighted by Crippen LogP contribution is -2.36. The molecule has 3 aromatic rings. The summed E-state index contributed by atoms with van der Waals surface area (Å²) in [6.07, 6.45) is 9.04. The van der Waals surface area contributed by atoms with Crippen LogP contribution in [0.15, 0.2) is 36.9 Å². The fourth-order valence-corrected chi connectivity index (χ4v) is 3.32. The maximum atomic E-state index is 11.1. The van der Waals surface area contributed by atoms with E-state index in [2.05, 4.69) is 27.2 Å². The van der Waals surface area contributed by atoms with Gasteiger partial charge in [-0.2, -0.15) is 10.2 Å². The highest BCUT2D eigenvalue weighted by molar-refractivity contribution is 5.76. The van der Waals surface area contributed by atoms with Gasteiger partial charge in [-0.25, -0.2) is 4.52 Å². The van der Waals surface area contributed by atoms with E-state index in [4.69, 9.17) is 5.11 Å². The fraction of sp³-hybridized carbons (Fsp3) is 0.353. The topological polar surface area (TPSA) is 75.7 Å². The van der Waals surface area contributed by atoms with E-state index >= 15 is 0 Å². The van der Waals surface area contributed by atoms with Crippen LogP contribution in [-0.4, -0.2) is 43.6 Å². The van der Waals surface area contributed by atoms with Gasteiger partial charge >= 0.3 is 5.97 Å². The number of hydrogen-bond donors (Lipinski definition) is 1. The predicted octanol–water partition coefficient (Wildman–Crippen LogP) is 2.04. The molecule has 0 aromatic carbocycles. The van der Waals surface area contributed by atoms with E-state index in [0.717, 1.165) is 35.4 Å². The first kappa shape index (κ1) is 14.7. The molecule has 0 amide bonds. The Kier molecular flexibility index (Phi) is 3.48. The molecule has 1 fully saturated rings. The molecule has 4 rings (SSSR count). The van der Waals surface area contributed by atoms with Gasteiger partial charge in [-0.1, -0.05) is 6.07 Å². The SMILES string of the molecule is Cn1cc(-c2ccc3c(N4CCC(C(=O)O)CC4)cnn3c2)cn1. The minimum Gasteiger partial charge on any atom is -0.481 e. The maximum Gasteiger partial charge on any atom is 0.306 e. The third kappa shape index (κ3) is 2.51. The van der Waals surface area contributed by atoms with Gasteiger partial charge in [-0.15, -0.1) is 0 Å². The summed E-state index contributed by atoms with van der Waals surface area (Å²) in [5.74, 6) is -0.907. The quantitative estimate of drug-likeness (QED) is 0.797. The van der Waals surface area contributed by atoms with E-state index in [0.29, 0.717) is 12.8 Å². The number of carbonyl (C=O) groups is 1. The molecule has 0 radical (unpaired) electrons. The van der Waals surface area contributed by atoms with Gasteiger partial charge in [0, 0.05) is 43.7 Å². The number of fused-ring (bicyclic) bond motifs is 1. The average molecular weight is 325 g/mol. The molecule has 1 N–H and O–H groups in total. The second kappa shape index (κ2) is 5.67. The molecular formula is C17H19N5O2. The van der Waals surface area contributed by atoms with E-state index in [1.54, 1.807) is 4.68 Å². The first-order valence-electron chi connectivity index (χ1n) is 8.06. The lowest BCUT2D eigenvalue weighted by atomic mass is 9.97. The Morgan fingerprint density at radius 1 is 1.12 bits per heavy atom. The first-order valence-corrected chi connectivity index (χ1v) is 8.06. The third-order valence-corrected chi connectivity index (χ3v) is 4.72. The van der Waals surface area contributed by atoms with Gasteiger partial charge in [0.15, 0.2) is 0 Å². The van der Waals surface area contributed by atoms with Gasteiger partial charge < -0.3 is 10.0 Å². The summed E-state index contributed by atoms with van der Waals surface area (Å²) in [5.41, 5.74) is 4.22. The molecule has 0 unspecified atom stereocenters. The molecule has 0 spiro atoms. The van der Waals surface area contributed by atoms with Crippen molar-refractivity contribution in [2.45, 2.75) is 12.8 Å². The highest BCUT2D eigenvalue weighted by Gasteiger charge is 2.25. The van der Waals surface area contributed by atoms with Crippen LogP contribution in [0.25, 0.3) is 16.6 Å². The van der Waals surface area contributed by atoms with Crippen molar-refractivity contribution in [3.63, 3.8) is 0 Å². The number of aromatic nitrogens is 4. The van der Waals surface area contributed by atoms with Crippen LogP contribution < -0.4 is 4.90 Å². The second-order valence-corrected chi connectivity index (χ2v) is 6.28. The summed E-state index contributed by atoms with van der Waals surface area (Å²) >= 11 is 0. The van der Waals surface area contributed by atoms with Crippen molar-refractivity contribution in [3.05, 3.63) is 36.9 Å². The monoisotopic (exact) mass is 325 g/mol. The Labute approximate surface area is 139 Å². The molecule has 0 aliphatic carbocycles. The lowest BCUT2D eigenvalue weighted by molar-refractivity contribution is -0.142. The largest absolute Gasteiger partial charge is 0.481 e. The summed E-state index contributed by atoms with van der Waals surface area (Å²) in [6.45, 7) is 1.51. The van der Waals surface area contributed by atoms with Gasteiger partial charge in [-0.3, -0.25) is 9.48 Å². The standard InChI is InChI=1S/C17H19N5O2/c1-20-10-14(8-18-20)13-2-3-15-16(9-19-22(15)11-13)21-6-4-12(5-7-21)17(23)24/h2-3,8-12H,4-7H2,1H3,(H,23,24). The molecule has 24 heavy (non-hydrogen) atoms. The van der Waals surface area contributed by atoms with Gasteiger partial charge in [0.05, 0.1) is 29.5 Å². The number of rotatable bonds is 3. The molecule has 0 atom stereocenters. The van der Waals surface area contributed by atoms with Crippen LogP contribution in [0.1, 0.15) is 12.8 Å². The van der Waals surface area contributed by atoms with Crippen LogP contribution in [0.2, 0.25) is 0 Å². The van der Waals surface area contributed by atoms with Crippen molar-refractivity contribution in [2.75, 3.05) is 18.0 Å². The molecule has 124 valence electrons. The molecule has 7 heteroatoms. The zero-order valence-corrected chi connectivity index (χ0v) is 13.5. The van der Waals surface area contributed by atoms with Crippen molar-refractivity contribution in [2.24, 2.45) is 13.0 Å². The average Bonchev–Trinajstić information content (AvgIpc) is 3.20. The number of carboxylic acids is 1. The molecule has 4 heterocycles. The van der Waals surface area contributed by atoms with E-state index in [-0.39, 0.29) is 5.92 Å². The molecule has 3 aromatic heterocycles. The minimum atomic E-state index is -0.685. The number of aliphatic carboxylic acids is 1. The van der Waals surface area contributed by atoms with Crippen LogP contribution >= 0.6 is 0 Å². The predicted molar refractivity (Wildman–Crippen MR) is 90.0 cm³/mol. The smallest absolute Gasteiger partial charge is 0.306 e. The number of nitrogens with zero attached hydrogens (tertiary/aromatic N) is 5. The molecular weight excluding hydrogens is 306 g/mol. The van der Waals surface area contributed by atoms with Crippen LogP contribution in [-0.2, 0) is 11.8 Å². The number of pyridine rings is 1. The van der Waals surface area contributed by atoms with Crippen LogP contribution in [0.4, 0.5) is 5.69 Å². The number of piperidine rings is 1. The van der Waals surface area contributed by atoms with Crippen molar-refractivity contribution < 1.29 is 9.90 Å². The summed E-state index contributed by atoms with van der Waals surface area (Å²) in [7, 11) is 1.90. The second-order valence-electron chi connectivity index (χ2n) is 6.28. The third-order valence-electron chi connectivity index (χ3n) is 4.72. The van der Waals surface area contributed by atoms with Crippen molar-refractivity contribution in [3.8, 4) is 11.1 Å². The Balaban J connectivity index is 1.61. The van der Waals surface area contributed by atoms with E-state index in [9.17, 15) is 4.79 Å². The van der Waals surface area contributed by atoms with E-state index in [1.807, 2.05) is 36.4 Å². The maximum absolute atomic E-state index is 11.1. The number of carboxylic acid groups (broad SMARTS) is 1. The number of anilines is 1. The van der Waals surface area contributed by atoms with Crippen molar-refractivity contribution >= 4 is 17.2 Å². The summed E-state index contributed by atoms with van der Waals surface area (Å²) in [5, 5.41) is 17.8. The van der Waals surface area contributed by atoms with Gasteiger partial charge in [-0.05, 0) is 18.9 Å².